The summed E-state index contributed by atoms with van der Waals surface area (Å²) in [6.45, 7) is 1.76. The monoisotopic (exact) mass is 329 g/mol. The van der Waals surface area contributed by atoms with Crippen molar-refractivity contribution in [2.75, 3.05) is 12.8 Å². The predicted molar refractivity (Wildman–Crippen MR) is 82.2 cm³/mol. The van der Waals surface area contributed by atoms with Gasteiger partial charge in [0.05, 0.1) is 4.47 Å². The van der Waals surface area contributed by atoms with Crippen molar-refractivity contribution in [2.24, 2.45) is 0 Å². The third-order valence-electron chi connectivity index (χ3n) is 3.78. The van der Waals surface area contributed by atoms with Crippen molar-refractivity contribution in [1.82, 2.24) is 5.32 Å². The fraction of sp³-hybridized carbons (Fsp3) is 0.571. The number of hydrogen-bond acceptors (Lipinski definition) is 3. The molecule has 4 heteroatoms. The van der Waals surface area contributed by atoms with E-state index in [0.29, 0.717) is 10.5 Å². The third-order valence-corrected chi connectivity index (χ3v) is 5.84. The zero-order chi connectivity index (χ0) is 13.0. The van der Waals surface area contributed by atoms with Gasteiger partial charge >= 0.3 is 0 Å². The summed E-state index contributed by atoms with van der Waals surface area (Å²) in [5, 5.41) is 13.4. The van der Waals surface area contributed by atoms with E-state index in [1.54, 1.807) is 0 Å². The van der Waals surface area contributed by atoms with Crippen LogP contribution in [0.25, 0.3) is 0 Å². The molecule has 1 aliphatic carbocycles. The van der Waals surface area contributed by atoms with Crippen molar-refractivity contribution in [2.45, 2.75) is 37.0 Å². The Balaban J connectivity index is 1.90. The summed E-state index contributed by atoms with van der Waals surface area (Å²) in [6.07, 6.45) is 7.54. The summed E-state index contributed by atoms with van der Waals surface area (Å²) in [4.78, 5) is 0. The second kappa shape index (κ2) is 6.31. The summed E-state index contributed by atoms with van der Waals surface area (Å²) in [6, 6.07) is 5.79. The Labute approximate surface area is 122 Å². The van der Waals surface area contributed by atoms with Crippen LogP contribution in [-0.4, -0.2) is 22.7 Å². The lowest BCUT2D eigenvalue weighted by atomic mass is 10.1. The standard InChI is InChI=1S/C14H20BrNOS/c1-18-14(7-2-3-8-14)10-16-9-11-5-4-6-12(15)13(11)17/h4-6,16-17H,2-3,7-10H2,1H3. The number of thioether (sulfide) groups is 1. The largest absolute Gasteiger partial charge is 0.506 e. The molecule has 1 fully saturated rings. The molecule has 0 heterocycles. The molecule has 2 N–H and O–H groups in total. The van der Waals surface area contributed by atoms with Crippen LogP contribution in [0.15, 0.2) is 22.7 Å². The minimum atomic E-state index is 0.356. The predicted octanol–water partition coefficient (Wildman–Crippen LogP) is 3.92. The number of nitrogens with one attached hydrogen (secondary N) is 1. The lowest BCUT2D eigenvalue weighted by Gasteiger charge is -2.27. The lowest BCUT2D eigenvalue weighted by molar-refractivity contribution is 0.457. The van der Waals surface area contributed by atoms with E-state index >= 15 is 0 Å². The van der Waals surface area contributed by atoms with Crippen LogP contribution in [0.3, 0.4) is 0 Å². The second-order valence-electron chi connectivity index (χ2n) is 4.95. The number of halogens is 1. The van der Waals surface area contributed by atoms with Crippen LogP contribution in [0.5, 0.6) is 5.75 Å². The Morgan fingerprint density at radius 2 is 2.11 bits per heavy atom. The Morgan fingerprint density at radius 3 is 2.78 bits per heavy atom. The summed E-state index contributed by atoms with van der Waals surface area (Å²) < 4.78 is 1.18. The highest BCUT2D eigenvalue weighted by Gasteiger charge is 2.32. The summed E-state index contributed by atoms with van der Waals surface area (Å²) in [5.74, 6) is 0.356. The van der Waals surface area contributed by atoms with Gasteiger partial charge < -0.3 is 10.4 Å². The van der Waals surface area contributed by atoms with Gasteiger partial charge in [-0.3, -0.25) is 0 Å². The normalized spacial score (nSPS) is 18.1. The molecule has 0 saturated heterocycles. The van der Waals surface area contributed by atoms with Crippen molar-refractivity contribution in [3.63, 3.8) is 0 Å². The number of hydrogen-bond donors (Lipinski definition) is 2. The van der Waals surface area contributed by atoms with Gasteiger partial charge in [0.25, 0.3) is 0 Å². The number of phenolic OH excluding ortho intramolecular Hbond substituents is 1. The first kappa shape index (κ1) is 14.2. The molecule has 0 amide bonds. The Hall–Kier alpha value is -0.190. The second-order valence-corrected chi connectivity index (χ2v) is 7.07. The molecule has 100 valence electrons. The van der Waals surface area contributed by atoms with Crippen LogP contribution in [0.2, 0.25) is 0 Å². The number of phenols is 1. The minimum Gasteiger partial charge on any atom is -0.506 e. The topological polar surface area (TPSA) is 32.3 Å². The van der Waals surface area contributed by atoms with E-state index in [0.717, 1.165) is 23.1 Å². The maximum absolute atomic E-state index is 9.92. The van der Waals surface area contributed by atoms with Crippen LogP contribution in [0, 0.1) is 0 Å². The van der Waals surface area contributed by atoms with Crippen LogP contribution in [0.1, 0.15) is 31.2 Å². The van der Waals surface area contributed by atoms with E-state index < -0.39 is 0 Å². The van der Waals surface area contributed by atoms with Gasteiger partial charge in [0.15, 0.2) is 0 Å². The fourth-order valence-corrected chi connectivity index (χ4v) is 3.95. The molecule has 0 bridgehead atoms. The van der Waals surface area contributed by atoms with Crippen molar-refractivity contribution in [1.29, 1.82) is 0 Å². The number of benzene rings is 1. The summed E-state index contributed by atoms with van der Waals surface area (Å²) in [7, 11) is 0. The van der Waals surface area contributed by atoms with Gasteiger partial charge in [-0.05, 0) is 41.1 Å². The molecule has 1 saturated carbocycles. The highest BCUT2D eigenvalue weighted by atomic mass is 79.9. The van der Waals surface area contributed by atoms with E-state index in [2.05, 4.69) is 27.5 Å². The molecule has 2 rings (SSSR count). The Morgan fingerprint density at radius 1 is 1.39 bits per heavy atom. The highest BCUT2D eigenvalue weighted by molar-refractivity contribution is 9.10. The highest BCUT2D eigenvalue weighted by Crippen LogP contribution is 2.39. The van der Waals surface area contributed by atoms with Gasteiger partial charge in [-0.1, -0.05) is 25.0 Å². The van der Waals surface area contributed by atoms with Crippen molar-refractivity contribution < 1.29 is 5.11 Å². The van der Waals surface area contributed by atoms with Gasteiger partial charge in [-0.25, -0.2) is 0 Å². The first-order valence-electron chi connectivity index (χ1n) is 6.39. The molecular weight excluding hydrogens is 310 g/mol. The molecular formula is C14H20BrNOS. The SMILES string of the molecule is CSC1(CNCc2cccc(Br)c2O)CCCC1. The minimum absolute atomic E-state index is 0.356. The van der Waals surface area contributed by atoms with E-state index in [9.17, 15) is 5.11 Å². The van der Waals surface area contributed by atoms with Gasteiger partial charge in [-0.2, -0.15) is 11.8 Å². The van der Waals surface area contributed by atoms with Gasteiger partial charge in [0.1, 0.15) is 5.75 Å². The van der Waals surface area contributed by atoms with Gasteiger partial charge in [-0.15, -0.1) is 0 Å². The molecule has 0 spiro atoms. The number of aromatic hydroxyl groups is 1. The van der Waals surface area contributed by atoms with Crippen LogP contribution >= 0.6 is 27.7 Å². The fourth-order valence-electron chi connectivity index (χ4n) is 2.60. The Kier molecular flexibility index (Phi) is 4.98. The molecule has 18 heavy (non-hydrogen) atoms. The lowest BCUT2D eigenvalue weighted by Crippen LogP contribution is -2.34. The Bertz CT molecular complexity index is 405. The molecule has 0 unspecified atom stereocenters. The zero-order valence-corrected chi connectivity index (χ0v) is 13.1. The van der Waals surface area contributed by atoms with E-state index in [4.69, 9.17) is 0 Å². The van der Waals surface area contributed by atoms with E-state index in [1.165, 1.54) is 25.7 Å². The summed E-state index contributed by atoms with van der Waals surface area (Å²) >= 11 is 5.33. The average Bonchev–Trinajstić information content (AvgIpc) is 2.84. The first-order chi connectivity index (χ1) is 8.67. The zero-order valence-electron chi connectivity index (χ0n) is 10.7. The van der Waals surface area contributed by atoms with Crippen LogP contribution in [0.4, 0.5) is 0 Å². The molecule has 0 atom stereocenters. The number of para-hydroxylation sites is 1. The molecule has 1 aromatic rings. The maximum Gasteiger partial charge on any atom is 0.134 e. The van der Waals surface area contributed by atoms with Crippen molar-refractivity contribution in [3.05, 3.63) is 28.2 Å². The van der Waals surface area contributed by atoms with E-state index in [-0.39, 0.29) is 0 Å². The summed E-state index contributed by atoms with van der Waals surface area (Å²) in [5.41, 5.74) is 0.957. The van der Waals surface area contributed by atoms with Gasteiger partial charge in [0, 0.05) is 23.4 Å². The van der Waals surface area contributed by atoms with Crippen LogP contribution in [-0.2, 0) is 6.54 Å². The molecule has 2 nitrogen and oxygen atoms in total. The van der Waals surface area contributed by atoms with Crippen molar-refractivity contribution in [3.8, 4) is 5.75 Å². The smallest absolute Gasteiger partial charge is 0.134 e. The van der Waals surface area contributed by atoms with E-state index in [1.807, 2.05) is 30.0 Å². The maximum atomic E-state index is 9.92. The number of rotatable bonds is 5. The molecule has 1 aromatic carbocycles. The first-order valence-corrected chi connectivity index (χ1v) is 8.41. The molecule has 0 radical (unpaired) electrons. The van der Waals surface area contributed by atoms with Gasteiger partial charge in [0.2, 0.25) is 0 Å². The van der Waals surface area contributed by atoms with Crippen LogP contribution < -0.4 is 5.32 Å². The molecule has 1 aliphatic rings. The molecule has 0 aromatic heterocycles. The molecule has 0 aliphatic heterocycles. The average molecular weight is 330 g/mol. The third kappa shape index (κ3) is 3.22. The van der Waals surface area contributed by atoms with Crippen molar-refractivity contribution >= 4 is 27.7 Å². The quantitative estimate of drug-likeness (QED) is 0.858.